The van der Waals surface area contributed by atoms with E-state index in [9.17, 15) is 14.7 Å². The molecule has 3 amide bonds. The number of rotatable bonds is 5. The van der Waals surface area contributed by atoms with Gasteiger partial charge in [-0.25, -0.2) is 4.79 Å². The molecule has 0 aromatic heterocycles. The van der Waals surface area contributed by atoms with Crippen LogP contribution in [0.15, 0.2) is 24.3 Å². The minimum absolute atomic E-state index is 0.0296. The molecule has 2 heterocycles. The van der Waals surface area contributed by atoms with Gasteiger partial charge in [0.1, 0.15) is 6.10 Å². The molecule has 0 radical (unpaired) electrons. The van der Waals surface area contributed by atoms with Crippen molar-refractivity contribution in [3.05, 3.63) is 29.3 Å². The van der Waals surface area contributed by atoms with Gasteiger partial charge in [0.15, 0.2) is 0 Å². The van der Waals surface area contributed by atoms with Crippen LogP contribution in [0.5, 0.6) is 0 Å². The highest BCUT2D eigenvalue weighted by atomic mass is 35.5. The third-order valence-corrected chi connectivity index (χ3v) is 5.54. The summed E-state index contributed by atoms with van der Waals surface area (Å²) in [5.74, 6) is -0.0296. The second-order valence-electron chi connectivity index (χ2n) is 7.78. The molecule has 4 atom stereocenters. The summed E-state index contributed by atoms with van der Waals surface area (Å²) >= 11 is 6.01. The smallest absolute Gasteiger partial charge is 0.322 e. The number of ether oxygens (including phenoxy) is 2. The average Bonchev–Trinajstić information content (AvgIpc) is 2.69. The standard InChI is InChI=1S/C21H30ClN3O5/c1-2-8-23-20(27)10-17-6-7-18-19(30-17)13-29-12-16(26)11-25(18)21(28)24-15-5-3-4-14(22)9-15/h3-5,9,16-19,26H,2,6-8,10-13H2,1H3,(H,23,27)(H,24,28)/t16-,17+,18+,19-/m1/s1. The van der Waals surface area contributed by atoms with E-state index >= 15 is 0 Å². The number of halogens is 1. The fourth-order valence-corrected chi connectivity index (χ4v) is 4.07. The molecule has 2 aliphatic heterocycles. The lowest BCUT2D eigenvalue weighted by molar-refractivity contribution is -0.149. The van der Waals surface area contributed by atoms with Gasteiger partial charge in [0.25, 0.3) is 0 Å². The van der Waals surface area contributed by atoms with Crippen LogP contribution in [0, 0.1) is 0 Å². The van der Waals surface area contributed by atoms with Crippen molar-refractivity contribution in [2.45, 2.75) is 57.0 Å². The van der Waals surface area contributed by atoms with Gasteiger partial charge in [-0.05, 0) is 37.5 Å². The Kier molecular flexibility index (Phi) is 8.32. The minimum Gasteiger partial charge on any atom is -0.389 e. The first kappa shape index (κ1) is 22.8. The summed E-state index contributed by atoms with van der Waals surface area (Å²) in [5.41, 5.74) is 0.582. The Hall–Kier alpha value is -1.87. The molecule has 166 valence electrons. The molecule has 1 aromatic rings. The van der Waals surface area contributed by atoms with Gasteiger partial charge >= 0.3 is 6.03 Å². The number of anilines is 1. The molecule has 0 unspecified atom stereocenters. The first-order valence-electron chi connectivity index (χ1n) is 10.5. The molecule has 0 saturated carbocycles. The van der Waals surface area contributed by atoms with Gasteiger partial charge in [-0.3, -0.25) is 4.79 Å². The summed E-state index contributed by atoms with van der Waals surface area (Å²) in [6.07, 6.45) is 1.13. The molecular formula is C21H30ClN3O5. The highest BCUT2D eigenvalue weighted by molar-refractivity contribution is 6.30. The van der Waals surface area contributed by atoms with Gasteiger partial charge in [-0.2, -0.15) is 0 Å². The van der Waals surface area contributed by atoms with Crippen LogP contribution in [0.2, 0.25) is 5.02 Å². The highest BCUT2D eigenvalue weighted by Crippen LogP contribution is 2.28. The number of benzene rings is 1. The molecule has 0 aliphatic carbocycles. The number of nitrogens with one attached hydrogen (secondary N) is 2. The van der Waals surface area contributed by atoms with Crippen molar-refractivity contribution < 1.29 is 24.2 Å². The maximum absolute atomic E-state index is 13.0. The number of fused-ring (bicyclic) bond motifs is 1. The Balaban J connectivity index is 1.67. The Morgan fingerprint density at radius 3 is 2.90 bits per heavy atom. The fraction of sp³-hybridized carbons (Fsp3) is 0.619. The zero-order chi connectivity index (χ0) is 21.5. The summed E-state index contributed by atoms with van der Waals surface area (Å²) in [6.45, 7) is 3.17. The van der Waals surface area contributed by atoms with Crippen molar-refractivity contribution in [3.8, 4) is 0 Å². The van der Waals surface area contributed by atoms with Gasteiger partial charge in [0, 0.05) is 17.3 Å². The molecule has 3 rings (SSSR count). The number of hydrogen-bond acceptors (Lipinski definition) is 5. The van der Waals surface area contributed by atoms with Crippen LogP contribution in [0.3, 0.4) is 0 Å². The summed E-state index contributed by atoms with van der Waals surface area (Å²) in [6, 6.07) is 6.34. The number of aliphatic hydroxyl groups excluding tert-OH is 1. The predicted molar refractivity (Wildman–Crippen MR) is 114 cm³/mol. The number of aliphatic hydroxyl groups is 1. The summed E-state index contributed by atoms with van der Waals surface area (Å²) < 4.78 is 11.7. The molecule has 1 aromatic carbocycles. The Morgan fingerprint density at radius 2 is 2.13 bits per heavy atom. The van der Waals surface area contributed by atoms with Crippen molar-refractivity contribution in [2.24, 2.45) is 0 Å². The number of urea groups is 1. The number of nitrogens with zero attached hydrogens (tertiary/aromatic N) is 1. The van der Waals surface area contributed by atoms with E-state index < -0.39 is 6.10 Å². The maximum Gasteiger partial charge on any atom is 0.322 e. The Bertz CT molecular complexity index is 734. The molecule has 2 saturated heterocycles. The second kappa shape index (κ2) is 10.9. The third-order valence-electron chi connectivity index (χ3n) is 5.30. The van der Waals surface area contributed by atoms with Crippen molar-refractivity contribution in [3.63, 3.8) is 0 Å². The number of β-amino-alcohol motifs (C(OH)–C–C–N with tert-alkyl or cyclic N) is 1. The van der Waals surface area contributed by atoms with E-state index in [1.165, 1.54) is 0 Å². The van der Waals surface area contributed by atoms with Crippen molar-refractivity contribution >= 4 is 29.2 Å². The van der Waals surface area contributed by atoms with Crippen LogP contribution in [0.4, 0.5) is 10.5 Å². The van der Waals surface area contributed by atoms with E-state index in [2.05, 4.69) is 10.6 Å². The molecular weight excluding hydrogens is 410 g/mol. The van der Waals surface area contributed by atoms with Crippen molar-refractivity contribution in [1.29, 1.82) is 0 Å². The van der Waals surface area contributed by atoms with E-state index in [0.717, 1.165) is 6.42 Å². The number of carbonyl (C=O) groups is 2. The van der Waals surface area contributed by atoms with Crippen LogP contribution in [0.1, 0.15) is 32.6 Å². The van der Waals surface area contributed by atoms with Crippen LogP contribution < -0.4 is 10.6 Å². The van der Waals surface area contributed by atoms with E-state index in [-0.39, 0.29) is 49.9 Å². The van der Waals surface area contributed by atoms with Gasteiger partial charge in [0.2, 0.25) is 5.91 Å². The minimum atomic E-state index is -0.784. The molecule has 2 fully saturated rings. The van der Waals surface area contributed by atoms with E-state index in [4.69, 9.17) is 21.1 Å². The molecule has 0 bridgehead atoms. The van der Waals surface area contributed by atoms with E-state index in [1.807, 2.05) is 6.92 Å². The van der Waals surface area contributed by atoms with E-state index in [0.29, 0.717) is 36.5 Å². The number of carbonyl (C=O) groups excluding carboxylic acids is 2. The largest absolute Gasteiger partial charge is 0.389 e. The van der Waals surface area contributed by atoms with Gasteiger partial charge in [-0.15, -0.1) is 0 Å². The maximum atomic E-state index is 13.0. The lowest BCUT2D eigenvalue weighted by Gasteiger charge is -2.44. The van der Waals surface area contributed by atoms with Gasteiger partial charge in [-0.1, -0.05) is 24.6 Å². The molecule has 30 heavy (non-hydrogen) atoms. The first-order valence-corrected chi connectivity index (χ1v) is 10.8. The molecule has 0 spiro atoms. The predicted octanol–water partition coefficient (Wildman–Crippen LogP) is 2.40. The van der Waals surface area contributed by atoms with Crippen LogP contribution in [-0.2, 0) is 14.3 Å². The first-order chi connectivity index (χ1) is 14.5. The molecule has 2 aliphatic rings. The molecule has 3 N–H and O–H groups in total. The molecule has 8 nitrogen and oxygen atoms in total. The average molecular weight is 440 g/mol. The monoisotopic (exact) mass is 439 g/mol. The topological polar surface area (TPSA) is 100 Å². The summed E-state index contributed by atoms with van der Waals surface area (Å²) in [7, 11) is 0. The fourth-order valence-electron chi connectivity index (χ4n) is 3.88. The van der Waals surface area contributed by atoms with Crippen molar-refractivity contribution in [2.75, 3.05) is 31.6 Å². The van der Waals surface area contributed by atoms with Crippen LogP contribution in [0.25, 0.3) is 0 Å². The lowest BCUT2D eigenvalue weighted by Crippen LogP contribution is -2.58. The molecule has 9 heteroatoms. The SMILES string of the molecule is CCCNC(=O)C[C@@H]1CC[C@H]2[C@@H](COC[C@H](O)CN2C(=O)Nc2cccc(Cl)c2)O1. The Labute approximate surface area is 181 Å². The van der Waals surface area contributed by atoms with Crippen molar-refractivity contribution in [1.82, 2.24) is 10.2 Å². The second-order valence-corrected chi connectivity index (χ2v) is 8.22. The number of hydrogen-bond donors (Lipinski definition) is 3. The van der Waals surface area contributed by atoms with Crippen LogP contribution in [-0.4, -0.2) is 72.6 Å². The highest BCUT2D eigenvalue weighted by Gasteiger charge is 2.40. The van der Waals surface area contributed by atoms with Crippen LogP contribution >= 0.6 is 11.6 Å². The Morgan fingerprint density at radius 1 is 1.30 bits per heavy atom. The number of amides is 3. The van der Waals surface area contributed by atoms with Gasteiger partial charge < -0.3 is 30.1 Å². The zero-order valence-electron chi connectivity index (χ0n) is 17.2. The summed E-state index contributed by atoms with van der Waals surface area (Å²) in [5, 5.41) is 16.5. The lowest BCUT2D eigenvalue weighted by atomic mass is 9.95. The van der Waals surface area contributed by atoms with E-state index in [1.54, 1.807) is 29.2 Å². The van der Waals surface area contributed by atoms with Gasteiger partial charge in [0.05, 0.1) is 44.4 Å². The normalized spacial score (nSPS) is 26.8. The zero-order valence-corrected chi connectivity index (χ0v) is 17.9. The third kappa shape index (κ3) is 6.31. The quantitative estimate of drug-likeness (QED) is 0.654. The summed E-state index contributed by atoms with van der Waals surface area (Å²) in [4.78, 5) is 26.7.